The van der Waals surface area contributed by atoms with E-state index in [0.717, 1.165) is 38.1 Å². The predicted molar refractivity (Wildman–Crippen MR) is 128 cm³/mol. The molecule has 2 aliphatic rings. The summed E-state index contributed by atoms with van der Waals surface area (Å²) in [6.07, 6.45) is 5.36. The molecule has 2 fully saturated rings. The molecule has 2 saturated heterocycles. The Hall–Kier alpha value is -1.93. The Morgan fingerprint density at radius 2 is 1.91 bits per heavy atom. The van der Waals surface area contributed by atoms with Crippen molar-refractivity contribution in [1.29, 1.82) is 0 Å². The lowest BCUT2D eigenvalue weighted by Gasteiger charge is -2.48. The highest BCUT2D eigenvalue weighted by Crippen LogP contribution is 2.27. The van der Waals surface area contributed by atoms with Gasteiger partial charge in [-0.15, -0.1) is 0 Å². The number of aliphatic hydroxyl groups is 1. The molecule has 176 valence electrons. The van der Waals surface area contributed by atoms with Crippen molar-refractivity contribution in [2.75, 3.05) is 39.3 Å². The van der Waals surface area contributed by atoms with Gasteiger partial charge in [-0.3, -0.25) is 14.6 Å². The van der Waals surface area contributed by atoms with Gasteiger partial charge in [-0.1, -0.05) is 18.2 Å². The van der Waals surface area contributed by atoms with Gasteiger partial charge in [0, 0.05) is 68.0 Å². The summed E-state index contributed by atoms with van der Waals surface area (Å²) in [7, 11) is 0. The van der Waals surface area contributed by atoms with Gasteiger partial charge < -0.3 is 20.3 Å². The second-order valence-electron chi connectivity index (χ2n) is 9.77. The van der Waals surface area contributed by atoms with Crippen molar-refractivity contribution in [2.24, 2.45) is 5.73 Å². The van der Waals surface area contributed by atoms with Crippen molar-refractivity contribution >= 4 is 16.8 Å². The van der Waals surface area contributed by atoms with E-state index in [1.807, 2.05) is 10.6 Å². The van der Waals surface area contributed by atoms with Gasteiger partial charge in [-0.05, 0) is 57.8 Å². The number of piperazine rings is 1. The highest BCUT2D eigenvalue weighted by molar-refractivity contribution is 5.85. The second kappa shape index (κ2) is 10.3. The highest BCUT2D eigenvalue weighted by Gasteiger charge is 2.34. The molecule has 7 nitrogen and oxygen atoms in total. The summed E-state index contributed by atoms with van der Waals surface area (Å²) >= 11 is 0. The number of rotatable bonds is 8. The Bertz CT molecular complexity index is 903. The minimum atomic E-state index is -0.322. The van der Waals surface area contributed by atoms with Gasteiger partial charge in [-0.25, -0.2) is 0 Å². The van der Waals surface area contributed by atoms with Crippen LogP contribution >= 0.6 is 0 Å². The number of benzene rings is 1. The summed E-state index contributed by atoms with van der Waals surface area (Å²) in [5.74, 6) is -0.322. The van der Waals surface area contributed by atoms with E-state index in [0.29, 0.717) is 18.1 Å². The van der Waals surface area contributed by atoms with Crippen LogP contribution in [0.4, 0.5) is 0 Å². The molecule has 3 N–H and O–H groups in total. The zero-order valence-corrected chi connectivity index (χ0v) is 19.6. The molecule has 2 aromatic rings. The minimum absolute atomic E-state index is 0.205. The van der Waals surface area contributed by atoms with E-state index < -0.39 is 0 Å². The average molecular weight is 442 g/mol. The first-order valence-electron chi connectivity index (χ1n) is 12.1. The fraction of sp³-hybridized carbons (Fsp3) is 0.640. The number of aliphatic hydroxyl groups excluding tert-OH is 1. The molecule has 0 bridgehead atoms. The Kier molecular flexibility index (Phi) is 7.51. The number of nitrogens with two attached hydrogens (primary N) is 1. The Morgan fingerprint density at radius 1 is 1.16 bits per heavy atom. The topological polar surface area (TPSA) is 78.0 Å². The SMILES string of the molecule is CC(C)N1CCC(N2CCN(Cc3cn(CC(N)=O)c4ccccc34)C[C@@H]2CCO)CC1. The highest BCUT2D eigenvalue weighted by atomic mass is 16.3. The first kappa shape index (κ1) is 23.2. The molecular formula is C25H39N5O2. The monoisotopic (exact) mass is 441 g/mol. The second-order valence-corrected chi connectivity index (χ2v) is 9.77. The fourth-order valence-corrected chi connectivity index (χ4v) is 5.69. The first-order chi connectivity index (χ1) is 15.5. The maximum absolute atomic E-state index is 11.5. The molecule has 0 spiro atoms. The molecule has 2 aliphatic heterocycles. The third kappa shape index (κ3) is 5.17. The van der Waals surface area contributed by atoms with Gasteiger partial charge in [-0.2, -0.15) is 0 Å². The number of fused-ring (bicyclic) bond motifs is 1. The molecule has 4 rings (SSSR count). The van der Waals surface area contributed by atoms with E-state index >= 15 is 0 Å². The summed E-state index contributed by atoms with van der Waals surface area (Å²) in [4.78, 5) is 19.3. The average Bonchev–Trinajstić information content (AvgIpc) is 3.11. The largest absolute Gasteiger partial charge is 0.396 e. The number of piperidine rings is 1. The molecule has 0 unspecified atom stereocenters. The molecule has 1 amide bonds. The van der Waals surface area contributed by atoms with E-state index in [9.17, 15) is 9.90 Å². The Balaban J connectivity index is 1.44. The third-order valence-corrected chi connectivity index (χ3v) is 7.36. The van der Waals surface area contributed by atoms with Crippen LogP contribution in [-0.2, 0) is 17.9 Å². The zero-order valence-electron chi connectivity index (χ0n) is 19.6. The quantitative estimate of drug-likeness (QED) is 0.654. The number of hydrogen-bond donors (Lipinski definition) is 2. The molecule has 7 heteroatoms. The van der Waals surface area contributed by atoms with Gasteiger partial charge in [0.1, 0.15) is 6.54 Å². The van der Waals surface area contributed by atoms with Gasteiger partial charge in [0.05, 0.1) is 0 Å². The molecule has 0 aliphatic carbocycles. The lowest BCUT2D eigenvalue weighted by atomic mass is 9.97. The molecule has 1 aromatic heterocycles. The van der Waals surface area contributed by atoms with Crippen molar-refractivity contribution < 1.29 is 9.90 Å². The van der Waals surface area contributed by atoms with Gasteiger partial charge in [0.15, 0.2) is 0 Å². The van der Waals surface area contributed by atoms with Crippen LogP contribution in [0.15, 0.2) is 30.5 Å². The maximum atomic E-state index is 11.5. The number of carbonyl (C=O) groups excluding carboxylic acids is 1. The van der Waals surface area contributed by atoms with Crippen molar-refractivity contribution in [3.05, 3.63) is 36.0 Å². The van der Waals surface area contributed by atoms with Crippen molar-refractivity contribution in [1.82, 2.24) is 19.3 Å². The fourth-order valence-electron chi connectivity index (χ4n) is 5.69. The molecule has 0 radical (unpaired) electrons. The van der Waals surface area contributed by atoms with Crippen LogP contribution in [0.5, 0.6) is 0 Å². The van der Waals surface area contributed by atoms with Crippen LogP contribution < -0.4 is 5.73 Å². The number of likely N-dealkylation sites (tertiary alicyclic amines) is 1. The first-order valence-corrected chi connectivity index (χ1v) is 12.1. The number of amides is 1. The van der Waals surface area contributed by atoms with Crippen molar-refractivity contribution in [2.45, 2.75) is 64.3 Å². The minimum Gasteiger partial charge on any atom is -0.396 e. The van der Waals surface area contributed by atoms with Crippen LogP contribution in [0, 0.1) is 0 Å². The number of para-hydroxylation sites is 1. The summed E-state index contributed by atoms with van der Waals surface area (Å²) in [6.45, 7) is 11.3. The van der Waals surface area contributed by atoms with E-state index in [2.05, 4.69) is 52.9 Å². The van der Waals surface area contributed by atoms with Crippen molar-refractivity contribution in [3.63, 3.8) is 0 Å². The summed E-state index contributed by atoms with van der Waals surface area (Å²) in [6, 6.07) is 9.88. The smallest absolute Gasteiger partial charge is 0.237 e. The lowest BCUT2D eigenvalue weighted by molar-refractivity contribution is -0.118. The summed E-state index contributed by atoms with van der Waals surface area (Å²) in [5.41, 5.74) is 7.77. The van der Waals surface area contributed by atoms with Gasteiger partial charge in [0.25, 0.3) is 0 Å². The molecule has 1 atom stereocenters. The third-order valence-electron chi connectivity index (χ3n) is 7.36. The Labute approximate surface area is 191 Å². The van der Waals surface area contributed by atoms with Crippen molar-refractivity contribution in [3.8, 4) is 0 Å². The molecule has 32 heavy (non-hydrogen) atoms. The van der Waals surface area contributed by atoms with Gasteiger partial charge in [0.2, 0.25) is 5.91 Å². The molecular weight excluding hydrogens is 402 g/mol. The maximum Gasteiger partial charge on any atom is 0.237 e. The lowest BCUT2D eigenvalue weighted by Crippen LogP contribution is -2.58. The van der Waals surface area contributed by atoms with Gasteiger partial charge >= 0.3 is 0 Å². The summed E-state index contributed by atoms with van der Waals surface area (Å²) < 4.78 is 1.97. The van der Waals surface area contributed by atoms with Crippen LogP contribution in [-0.4, -0.2) is 87.7 Å². The van der Waals surface area contributed by atoms with E-state index in [-0.39, 0.29) is 19.1 Å². The molecule has 3 heterocycles. The van der Waals surface area contributed by atoms with E-state index in [4.69, 9.17) is 5.73 Å². The molecule has 0 saturated carbocycles. The standard InChI is InChI=1S/C25H39N5O2/c1-19(2)28-10-7-21(8-11-28)30-13-12-27(17-22(30)9-14-31)15-20-16-29(18-25(26)32)24-6-4-3-5-23(20)24/h3-6,16,19,21-22,31H,7-15,17-18H2,1-2H3,(H2,26,32)/t22-/m0/s1. The number of aromatic nitrogens is 1. The summed E-state index contributed by atoms with van der Waals surface area (Å²) in [5, 5.41) is 10.9. The normalized spacial score (nSPS) is 22.2. The number of hydrogen-bond acceptors (Lipinski definition) is 5. The zero-order chi connectivity index (χ0) is 22.7. The predicted octanol–water partition coefficient (Wildman–Crippen LogP) is 1.87. The van der Waals surface area contributed by atoms with Crippen LogP contribution in [0.1, 0.15) is 38.7 Å². The van der Waals surface area contributed by atoms with E-state index in [1.165, 1.54) is 36.9 Å². The number of carbonyl (C=O) groups is 1. The van der Waals surface area contributed by atoms with Crippen LogP contribution in [0.3, 0.4) is 0 Å². The van der Waals surface area contributed by atoms with Crippen LogP contribution in [0.2, 0.25) is 0 Å². The molecule has 1 aromatic carbocycles. The van der Waals surface area contributed by atoms with E-state index in [1.54, 1.807) is 0 Å². The number of primary amides is 1. The Morgan fingerprint density at radius 3 is 2.59 bits per heavy atom. The van der Waals surface area contributed by atoms with Crippen LogP contribution in [0.25, 0.3) is 10.9 Å². The number of nitrogens with zero attached hydrogens (tertiary/aromatic N) is 4.